The maximum Gasteiger partial charge on any atom is 0.320 e. The maximum absolute atomic E-state index is 13.2. The van der Waals surface area contributed by atoms with Gasteiger partial charge in [-0.25, -0.2) is 0 Å². The van der Waals surface area contributed by atoms with Gasteiger partial charge in [0.1, 0.15) is 12.2 Å². The lowest BCUT2D eigenvalue weighted by Crippen LogP contribution is -2.50. The Balaban J connectivity index is 1.08. The predicted molar refractivity (Wildman–Crippen MR) is 161 cm³/mol. The number of anilines is 1. The van der Waals surface area contributed by atoms with Gasteiger partial charge in [-0.2, -0.15) is 0 Å². The number of piperidine rings is 1. The standard InChI is InChI=1S/C34H37N3O6/c38-30(43-23-24-7-2-1-3-8-24)22-35-21-25-9-4-10-27(19-25)26-13-17-37(18-14-26)33(41)28-11-5-12-29(20-28)36-32(40)31(39)34(42)15-6-16-34/h1-5,7-12,19-20,26,35,42H,6,13-18,21-23H2,(H,36,40). The average Bonchev–Trinajstić information content (AvgIpc) is 3.03. The van der Waals surface area contributed by atoms with E-state index in [9.17, 15) is 24.3 Å². The number of hydrogen-bond acceptors (Lipinski definition) is 7. The fourth-order valence-corrected chi connectivity index (χ4v) is 5.52. The molecule has 1 aliphatic heterocycles. The summed E-state index contributed by atoms with van der Waals surface area (Å²) >= 11 is 0. The zero-order chi connectivity index (χ0) is 30.2. The Labute approximate surface area is 251 Å². The first-order chi connectivity index (χ1) is 20.8. The largest absolute Gasteiger partial charge is 0.460 e. The number of nitrogens with zero attached hydrogens (tertiary/aromatic N) is 1. The summed E-state index contributed by atoms with van der Waals surface area (Å²) in [5.41, 5.74) is 2.45. The van der Waals surface area contributed by atoms with Crippen molar-refractivity contribution in [2.24, 2.45) is 0 Å². The summed E-state index contributed by atoms with van der Waals surface area (Å²) in [6.07, 6.45) is 2.94. The summed E-state index contributed by atoms with van der Waals surface area (Å²) in [6, 6.07) is 24.4. The van der Waals surface area contributed by atoms with Gasteiger partial charge in [-0.05, 0) is 72.9 Å². The summed E-state index contributed by atoms with van der Waals surface area (Å²) in [5, 5.41) is 15.9. The molecule has 0 spiro atoms. The van der Waals surface area contributed by atoms with Crippen molar-refractivity contribution in [1.29, 1.82) is 0 Å². The van der Waals surface area contributed by atoms with Crippen LogP contribution in [0.15, 0.2) is 78.9 Å². The van der Waals surface area contributed by atoms with Gasteiger partial charge in [-0.3, -0.25) is 19.2 Å². The minimum absolute atomic E-state index is 0.126. The van der Waals surface area contributed by atoms with E-state index in [0.717, 1.165) is 24.0 Å². The second-order valence-electron chi connectivity index (χ2n) is 11.3. The molecule has 1 saturated heterocycles. The number of aliphatic hydroxyl groups is 1. The number of carbonyl (C=O) groups excluding carboxylic acids is 4. The van der Waals surface area contributed by atoms with Crippen molar-refractivity contribution in [3.05, 3.63) is 101 Å². The van der Waals surface area contributed by atoms with Gasteiger partial charge >= 0.3 is 5.97 Å². The minimum Gasteiger partial charge on any atom is -0.460 e. The monoisotopic (exact) mass is 583 g/mol. The SMILES string of the molecule is O=C(CNCc1cccc(C2CCN(C(=O)c3cccc(NC(=O)C(=O)C4(O)CCC4)c3)CC2)c1)OCc1ccccc1. The molecule has 2 aliphatic rings. The number of ketones is 1. The van der Waals surface area contributed by atoms with Crippen LogP contribution < -0.4 is 10.6 Å². The van der Waals surface area contributed by atoms with Gasteiger partial charge in [-0.15, -0.1) is 0 Å². The molecule has 224 valence electrons. The van der Waals surface area contributed by atoms with Crippen molar-refractivity contribution in [3.63, 3.8) is 0 Å². The molecular weight excluding hydrogens is 546 g/mol. The summed E-state index contributed by atoms with van der Waals surface area (Å²) in [4.78, 5) is 51.8. The summed E-state index contributed by atoms with van der Waals surface area (Å²) in [6.45, 7) is 2.12. The molecule has 9 heteroatoms. The van der Waals surface area contributed by atoms with E-state index in [1.807, 2.05) is 47.4 Å². The molecule has 2 fully saturated rings. The predicted octanol–water partition coefficient (Wildman–Crippen LogP) is 3.96. The van der Waals surface area contributed by atoms with Crippen LogP contribution in [0.2, 0.25) is 0 Å². The van der Waals surface area contributed by atoms with E-state index < -0.39 is 17.3 Å². The number of amides is 2. The van der Waals surface area contributed by atoms with Crippen LogP contribution >= 0.6 is 0 Å². The lowest BCUT2D eigenvalue weighted by molar-refractivity contribution is -0.153. The molecule has 5 rings (SSSR count). The lowest BCUT2D eigenvalue weighted by Gasteiger charge is -2.34. The molecule has 9 nitrogen and oxygen atoms in total. The van der Waals surface area contributed by atoms with Crippen LogP contribution in [0.25, 0.3) is 0 Å². The Hall–Kier alpha value is -4.34. The second kappa shape index (κ2) is 13.8. The van der Waals surface area contributed by atoms with E-state index in [0.29, 0.717) is 56.1 Å². The van der Waals surface area contributed by atoms with Crippen LogP contribution in [-0.4, -0.2) is 58.8 Å². The van der Waals surface area contributed by atoms with Crippen molar-refractivity contribution in [1.82, 2.24) is 10.2 Å². The summed E-state index contributed by atoms with van der Waals surface area (Å²) in [7, 11) is 0. The Bertz CT molecular complexity index is 1460. The van der Waals surface area contributed by atoms with Crippen molar-refractivity contribution < 1.29 is 29.0 Å². The number of benzene rings is 3. The maximum atomic E-state index is 13.2. The minimum atomic E-state index is -1.56. The highest BCUT2D eigenvalue weighted by atomic mass is 16.5. The van der Waals surface area contributed by atoms with Crippen molar-refractivity contribution >= 4 is 29.3 Å². The highest BCUT2D eigenvalue weighted by molar-refractivity contribution is 6.43. The molecule has 2 amide bonds. The number of likely N-dealkylation sites (tertiary alicyclic amines) is 1. The van der Waals surface area contributed by atoms with Crippen LogP contribution in [0.5, 0.6) is 0 Å². The first kappa shape index (κ1) is 30.1. The molecule has 43 heavy (non-hydrogen) atoms. The number of esters is 1. The molecule has 1 aliphatic carbocycles. The van der Waals surface area contributed by atoms with Gasteiger partial charge in [0.2, 0.25) is 0 Å². The van der Waals surface area contributed by atoms with Gasteiger partial charge in [0, 0.05) is 30.9 Å². The highest BCUT2D eigenvalue weighted by Crippen LogP contribution is 2.33. The summed E-state index contributed by atoms with van der Waals surface area (Å²) in [5.74, 6) is -1.82. The van der Waals surface area contributed by atoms with Crippen molar-refractivity contribution in [2.75, 3.05) is 25.0 Å². The van der Waals surface area contributed by atoms with E-state index in [1.54, 1.807) is 24.3 Å². The fourth-order valence-electron chi connectivity index (χ4n) is 5.52. The first-order valence-corrected chi connectivity index (χ1v) is 14.8. The molecule has 0 bridgehead atoms. The van der Waals surface area contributed by atoms with Gasteiger partial charge < -0.3 is 25.4 Å². The van der Waals surface area contributed by atoms with E-state index >= 15 is 0 Å². The van der Waals surface area contributed by atoms with Crippen LogP contribution in [0.1, 0.15) is 65.1 Å². The zero-order valence-corrected chi connectivity index (χ0v) is 24.1. The third-order valence-electron chi connectivity index (χ3n) is 8.22. The van der Waals surface area contributed by atoms with Crippen LogP contribution in [0, 0.1) is 0 Å². The molecule has 1 saturated carbocycles. The van der Waals surface area contributed by atoms with Gasteiger partial charge in [0.15, 0.2) is 0 Å². The molecule has 0 radical (unpaired) electrons. The third kappa shape index (κ3) is 7.74. The first-order valence-electron chi connectivity index (χ1n) is 14.8. The Morgan fingerprint density at radius 1 is 0.884 bits per heavy atom. The summed E-state index contributed by atoms with van der Waals surface area (Å²) < 4.78 is 5.32. The van der Waals surface area contributed by atoms with E-state index in [4.69, 9.17) is 4.74 Å². The number of hydrogen-bond donors (Lipinski definition) is 3. The topological polar surface area (TPSA) is 125 Å². The molecule has 3 aromatic rings. The Kier molecular flexibility index (Phi) is 9.64. The third-order valence-corrected chi connectivity index (χ3v) is 8.22. The van der Waals surface area contributed by atoms with Gasteiger partial charge in [0.05, 0.1) is 6.54 Å². The van der Waals surface area contributed by atoms with E-state index in [-0.39, 0.29) is 25.0 Å². The zero-order valence-electron chi connectivity index (χ0n) is 24.1. The number of rotatable bonds is 11. The van der Waals surface area contributed by atoms with Gasteiger partial charge in [-0.1, -0.05) is 60.7 Å². The molecule has 3 aromatic carbocycles. The molecule has 0 aromatic heterocycles. The number of carbonyl (C=O) groups is 4. The van der Waals surface area contributed by atoms with Crippen LogP contribution in [0.4, 0.5) is 5.69 Å². The molecule has 1 heterocycles. The van der Waals surface area contributed by atoms with E-state index in [2.05, 4.69) is 22.8 Å². The lowest BCUT2D eigenvalue weighted by atomic mass is 9.77. The smallest absolute Gasteiger partial charge is 0.320 e. The Morgan fingerprint density at radius 3 is 2.33 bits per heavy atom. The Morgan fingerprint density at radius 2 is 1.60 bits per heavy atom. The fraction of sp³-hybridized carbons (Fsp3) is 0.353. The number of nitrogens with one attached hydrogen (secondary N) is 2. The molecular formula is C34H37N3O6. The van der Waals surface area contributed by atoms with Crippen molar-refractivity contribution in [2.45, 2.75) is 56.8 Å². The van der Waals surface area contributed by atoms with Crippen LogP contribution in [0.3, 0.4) is 0 Å². The molecule has 0 atom stereocenters. The average molecular weight is 584 g/mol. The normalized spacial score (nSPS) is 16.2. The number of ether oxygens (including phenoxy) is 1. The molecule has 0 unspecified atom stereocenters. The highest BCUT2D eigenvalue weighted by Gasteiger charge is 2.45. The van der Waals surface area contributed by atoms with Crippen LogP contribution in [-0.2, 0) is 32.3 Å². The van der Waals surface area contributed by atoms with Gasteiger partial charge in [0.25, 0.3) is 17.6 Å². The van der Waals surface area contributed by atoms with E-state index in [1.165, 1.54) is 5.56 Å². The number of Topliss-reactive ketones (excluding diaryl/α,β-unsaturated/α-hetero) is 1. The molecule has 3 N–H and O–H groups in total. The second-order valence-corrected chi connectivity index (χ2v) is 11.3. The quantitative estimate of drug-likeness (QED) is 0.231. The van der Waals surface area contributed by atoms with Crippen molar-refractivity contribution in [3.8, 4) is 0 Å².